The largest absolute Gasteiger partial charge is 0.370 e. The molecule has 14 heavy (non-hydrogen) atoms. The summed E-state index contributed by atoms with van der Waals surface area (Å²) in [5.74, 6) is -0.202. The maximum Gasteiger partial charge on any atom is 0.218 e. The number of rotatable bonds is 5. The second-order valence-corrected chi connectivity index (χ2v) is 3.85. The number of hydrogen-bond acceptors (Lipinski definition) is 3. The number of likely N-dealkylation sites (N-methyl/N-ethyl adjacent to an activating group) is 1. The molecule has 4 nitrogen and oxygen atoms in total. The van der Waals surface area contributed by atoms with Gasteiger partial charge in [0.25, 0.3) is 0 Å². The molecule has 0 radical (unpaired) electrons. The fraction of sp³-hybridized carbons (Fsp3) is 0.900. The van der Waals surface area contributed by atoms with Crippen LogP contribution in [-0.4, -0.2) is 43.0 Å². The van der Waals surface area contributed by atoms with Gasteiger partial charge in [-0.05, 0) is 25.9 Å². The normalized spacial score (nSPS) is 22.6. The monoisotopic (exact) mass is 199 g/mol. The molecular weight excluding hydrogens is 178 g/mol. The first kappa shape index (κ1) is 11.5. The van der Waals surface area contributed by atoms with Crippen molar-refractivity contribution >= 4 is 5.91 Å². The van der Waals surface area contributed by atoms with Crippen LogP contribution in [0.5, 0.6) is 0 Å². The highest BCUT2D eigenvalue weighted by Crippen LogP contribution is 2.10. The second kappa shape index (κ2) is 5.98. The van der Waals surface area contributed by atoms with E-state index in [4.69, 9.17) is 5.73 Å². The fourth-order valence-electron chi connectivity index (χ4n) is 2.00. The third-order valence-corrected chi connectivity index (χ3v) is 2.84. The van der Waals surface area contributed by atoms with Gasteiger partial charge in [0, 0.05) is 25.6 Å². The van der Waals surface area contributed by atoms with Gasteiger partial charge in [0.1, 0.15) is 0 Å². The Morgan fingerprint density at radius 1 is 1.64 bits per heavy atom. The highest BCUT2D eigenvalue weighted by Gasteiger charge is 2.19. The molecule has 1 heterocycles. The molecule has 1 saturated heterocycles. The lowest BCUT2D eigenvalue weighted by Crippen LogP contribution is -2.46. The summed E-state index contributed by atoms with van der Waals surface area (Å²) in [6.45, 7) is 6.11. The van der Waals surface area contributed by atoms with Gasteiger partial charge in [0.05, 0.1) is 0 Å². The van der Waals surface area contributed by atoms with Crippen molar-refractivity contribution in [2.45, 2.75) is 32.2 Å². The standard InChI is InChI=1S/C10H21N3O/c1-2-13(7-5-10(11)14)9-4-3-6-12-8-9/h9,12H,2-8H2,1H3,(H2,11,14). The van der Waals surface area contributed by atoms with Crippen LogP contribution in [0.25, 0.3) is 0 Å². The number of piperidine rings is 1. The van der Waals surface area contributed by atoms with Crippen LogP contribution in [0, 0.1) is 0 Å². The minimum absolute atomic E-state index is 0.202. The van der Waals surface area contributed by atoms with E-state index in [1.54, 1.807) is 0 Å². The van der Waals surface area contributed by atoms with Crippen molar-refractivity contribution in [3.05, 3.63) is 0 Å². The molecule has 0 spiro atoms. The Hall–Kier alpha value is -0.610. The zero-order valence-corrected chi connectivity index (χ0v) is 8.96. The van der Waals surface area contributed by atoms with Gasteiger partial charge in [0.15, 0.2) is 0 Å². The van der Waals surface area contributed by atoms with Crippen LogP contribution in [0.15, 0.2) is 0 Å². The van der Waals surface area contributed by atoms with Gasteiger partial charge in [-0.1, -0.05) is 6.92 Å². The molecule has 82 valence electrons. The Bertz CT molecular complexity index is 178. The van der Waals surface area contributed by atoms with E-state index in [9.17, 15) is 4.79 Å². The van der Waals surface area contributed by atoms with Gasteiger partial charge in [-0.2, -0.15) is 0 Å². The van der Waals surface area contributed by atoms with Crippen molar-refractivity contribution in [2.24, 2.45) is 5.73 Å². The molecule has 1 amide bonds. The Morgan fingerprint density at radius 3 is 2.93 bits per heavy atom. The first-order valence-electron chi connectivity index (χ1n) is 5.47. The number of primary amides is 1. The highest BCUT2D eigenvalue weighted by molar-refractivity contribution is 5.73. The number of amides is 1. The molecule has 1 aliphatic heterocycles. The predicted octanol–water partition coefficient (Wildman–Crippen LogP) is -0.0643. The molecule has 0 saturated carbocycles. The molecule has 0 aliphatic carbocycles. The number of nitrogens with zero attached hydrogens (tertiary/aromatic N) is 1. The van der Waals surface area contributed by atoms with Crippen molar-refractivity contribution < 1.29 is 4.79 Å². The van der Waals surface area contributed by atoms with Crippen molar-refractivity contribution in [3.8, 4) is 0 Å². The summed E-state index contributed by atoms with van der Waals surface area (Å²) >= 11 is 0. The van der Waals surface area contributed by atoms with Gasteiger partial charge in [-0.25, -0.2) is 0 Å². The van der Waals surface area contributed by atoms with E-state index in [-0.39, 0.29) is 5.91 Å². The van der Waals surface area contributed by atoms with Gasteiger partial charge in [-0.15, -0.1) is 0 Å². The molecule has 1 fully saturated rings. The zero-order valence-electron chi connectivity index (χ0n) is 8.96. The summed E-state index contributed by atoms with van der Waals surface area (Å²) < 4.78 is 0. The Morgan fingerprint density at radius 2 is 2.43 bits per heavy atom. The van der Waals surface area contributed by atoms with E-state index < -0.39 is 0 Å². The van der Waals surface area contributed by atoms with Crippen LogP contribution in [0.4, 0.5) is 0 Å². The minimum Gasteiger partial charge on any atom is -0.370 e. The van der Waals surface area contributed by atoms with Gasteiger partial charge in [0.2, 0.25) is 5.91 Å². The summed E-state index contributed by atoms with van der Waals surface area (Å²) in [7, 11) is 0. The Kier molecular flexibility index (Phi) is 4.90. The maximum atomic E-state index is 10.7. The van der Waals surface area contributed by atoms with Crippen molar-refractivity contribution in [2.75, 3.05) is 26.2 Å². The molecule has 0 aromatic rings. The first-order chi connectivity index (χ1) is 6.74. The first-order valence-corrected chi connectivity index (χ1v) is 5.47. The Labute approximate surface area is 85.8 Å². The summed E-state index contributed by atoms with van der Waals surface area (Å²) in [4.78, 5) is 13.0. The summed E-state index contributed by atoms with van der Waals surface area (Å²) in [6.07, 6.45) is 2.95. The molecule has 0 aromatic heterocycles. The summed E-state index contributed by atoms with van der Waals surface area (Å²) in [5, 5.41) is 3.38. The van der Waals surface area contributed by atoms with Crippen molar-refractivity contribution in [1.82, 2.24) is 10.2 Å². The van der Waals surface area contributed by atoms with Crippen LogP contribution in [0.3, 0.4) is 0 Å². The van der Waals surface area contributed by atoms with Crippen LogP contribution >= 0.6 is 0 Å². The summed E-state index contributed by atoms with van der Waals surface area (Å²) in [6, 6.07) is 0.591. The average Bonchev–Trinajstić information content (AvgIpc) is 2.20. The fourth-order valence-corrected chi connectivity index (χ4v) is 2.00. The quantitative estimate of drug-likeness (QED) is 0.652. The van der Waals surface area contributed by atoms with Crippen LogP contribution < -0.4 is 11.1 Å². The van der Waals surface area contributed by atoms with E-state index >= 15 is 0 Å². The van der Waals surface area contributed by atoms with Crippen molar-refractivity contribution in [3.63, 3.8) is 0 Å². The third kappa shape index (κ3) is 3.64. The molecule has 1 aliphatic rings. The molecular formula is C10H21N3O. The molecule has 0 bridgehead atoms. The molecule has 4 heteroatoms. The van der Waals surface area contributed by atoms with Crippen LogP contribution in [0.1, 0.15) is 26.2 Å². The number of nitrogens with one attached hydrogen (secondary N) is 1. The van der Waals surface area contributed by atoms with E-state index in [1.165, 1.54) is 12.8 Å². The van der Waals surface area contributed by atoms with Crippen LogP contribution in [0.2, 0.25) is 0 Å². The van der Waals surface area contributed by atoms with Gasteiger partial charge < -0.3 is 11.1 Å². The number of carbonyl (C=O) groups excluding carboxylic acids is 1. The molecule has 1 atom stereocenters. The molecule has 3 N–H and O–H groups in total. The van der Waals surface area contributed by atoms with Crippen molar-refractivity contribution in [1.29, 1.82) is 0 Å². The lowest BCUT2D eigenvalue weighted by Gasteiger charge is -2.33. The van der Waals surface area contributed by atoms with Gasteiger partial charge >= 0.3 is 0 Å². The average molecular weight is 199 g/mol. The van der Waals surface area contributed by atoms with E-state index in [0.29, 0.717) is 12.5 Å². The number of hydrogen-bond donors (Lipinski definition) is 2. The van der Waals surface area contributed by atoms with E-state index in [2.05, 4.69) is 17.1 Å². The van der Waals surface area contributed by atoms with E-state index in [0.717, 1.165) is 26.2 Å². The summed E-state index contributed by atoms with van der Waals surface area (Å²) in [5.41, 5.74) is 5.14. The second-order valence-electron chi connectivity index (χ2n) is 3.85. The minimum atomic E-state index is -0.202. The highest BCUT2D eigenvalue weighted by atomic mass is 16.1. The number of carbonyl (C=O) groups is 1. The zero-order chi connectivity index (χ0) is 10.4. The maximum absolute atomic E-state index is 10.7. The SMILES string of the molecule is CCN(CCC(N)=O)C1CCCNC1. The molecule has 0 aromatic carbocycles. The third-order valence-electron chi connectivity index (χ3n) is 2.84. The van der Waals surface area contributed by atoms with E-state index in [1.807, 2.05) is 0 Å². The predicted molar refractivity (Wildman–Crippen MR) is 57.0 cm³/mol. The lowest BCUT2D eigenvalue weighted by molar-refractivity contribution is -0.118. The van der Waals surface area contributed by atoms with Crippen LogP contribution in [-0.2, 0) is 4.79 Å². The molecule has 1 rings (SSSR count). The Balaban J connectivity index is 2.31. The smallest absolute Gasteiger partial charge is 0.218 e. The lowest BCUT2D eigenvalue weighted by atomic mass is 10.1. The topological polar surface area (TPSA) is 58.4 Å². The van der Waals surface area contributed by atoms with Gasteiger partial charge in [-0.3, -0.25) is 9.69 Å². The molecule has 1 unspecified atom stereocenters. The number of nitrogens with two attached hydrogens (primary N) is 1.